The molecule has 2 aromatic rings. The van der Waals surface area contributed by atoms with Crippen molar-refractivity contribution in [1.29, 1.82) is 0 Å². The Balaban J connectivity index is 2.35. The summed E-state index contributed by atoms with van der Waals surface area (Å²) in [6, 6.07) is 5.08. The van der Waals surface area contributed by atoms with Gasteiger partial charge in [0.1, 0.15) is 0 Å². The third kappa shape index (κ3) is 2.91. The van der Waals surface area contributed by atoms with Crippen molar-refractivity contribution in [2.45, 2.75) is 20.3 Å². The Morgan fingerprint density at radius 1 is 1.50 bits per heavy atom. The average molecular weight is 291 g/mol. The lowest BCUT2D eigenvalue weighted by molar-refractivity contribution is 0.0602. The number of nitrogens with one attached hydrogen (secondary N) is 1. The SMILES string of the molecule is CCc1nc(Nc2ccc(N)cc2C(=O)OC)sc1C. The van der Waals surface area contributed by atoms with Crippen LogP contribution < -0.4 is 11.1 Å². The molecule has 0 atom stereocenters. The summed E-state index contributed by atoms with van der Waals surface area (Å²) in [7, 11) is 1.35. The lowest BCUT2D eigenvalue weighted by atomic mass is 10.1. The number of hydrogen-bond acceptors (Lipinski definition) is 6. The first-order chi connectivity index (χ1) is 9.55. The number of nitrogen functional groups attached to an aromatic ring is 1. The van der Waals surface area contributed by atoms with E-state index in [0.29, 0.717) is 16.9 Å². The molecule has 2 rings (SSSR count). The zero-order chi connectivity index (χ0) is 14.7. The molecule has 0 aliphatic carbocycles. The summed E-state index contributed by atoms with van der Waals surface area (Å²) in [5.41, 5.74) is 8.33. The summed E-state index contributed by atoms with van der Waals surface area (Å²) in [6.07, 6.45) is 0.885. The van der Waals surface area contributed by atoms with Crippen molar-refractivity contribution in [1.82, 2.24) is 4.98 Å². The molecule has 0 saturated carbocycles. The van der Waals surface area contributed by atoms with Gasteiger partial charge in [-0.15, -0.1) is 11.3 Å². The average Bonchev–Trinajstić information content (AvgIpc) is 2.80. The predicted molar refractivity (Wildman–Crippen MR) is 81.7 cm³/mol. The Morgan fingerprint density at radius 2 is 2.25 bits per heavy atom. The van der Waals surface area contributed by atoms with E-state index >= 15 is 0 Å². The van der Waals surface area contributed by atoms with Gasteiger partial charge in [0.15, 0.2) is 5.13 Å². The molecule has 1 heterocycles. The topological polar surface area (TPSA) is 77.2 Å². The molecule has 0 saturated heterocycles. The highest BCUT2D eigenvalue weighted by Gasteiger charge is 2.14. The quantitative estimate of drug-likeness (QED) is 0.668. The van der Waals surface area contributed by atoms with Crippen molar-refractivity contribution in [3.05, 3.63) is 34.3 Å². The molecule has 0 spiro atoms. The van der Waals surface area contributed by atoms with E-state index in [4.69, 9.17) is 10.5 Å². The van der Waals surface area contributed by atoms with Crippen LogP contribution >= 0.6 is 11.3 Å². The van der Waals surface area contributed by atoms with Gasteiger partial charge in [0.05, 0.1) is 24.1 Å². The van der Waals surface area contributed by atoms with Crippen LogP contribution in [0.5, 0.6) is 0 Å². The molecule has 0 unspecified atom stereocenters. The molecular weight excluding hydrogens is 274 g/mol. The zero-order valence-corrected chi connectivity index (χ0v) is 12.5. The first kappa shape index (κ1) is 14.3. The minimum Gasteiger partial charge on any atom is -0.465 e. The zero-order valence-electron chi connectivity index (χ0n) is 11.7. The number of ether oxygens (including phenoxy) is 1. The molecule has 0 radical (unpaired) electrons. The molecule has 3 N–H and O–H groups in total. The molecule has 0 aliphatic rings. The van der Waals surface area contributed by atoms with Crippen LogP contribution in [0.4, 0.5) is 16.5 Å². The van der Waals surface area contributed by atoms with Crippen LogP contribution in [0, 0.1) is 6.92 Å². The van der Waals surface area contributed by atoms with E-state index in [9.17, 15) is 4.79 Å². The van der Waals surface area contributed by atoms with Crippen LogP contribution in [0.3, 0.4) is 0 Å². The second kappa shape index (κ2) is 5.92. The molecule has 20 heavy (non-hydrogen) atoms. The molecule has 6 heteroatoms. The van der Waals surface area contributed by atoms with E-state index in [2.05, 4.69) is 17.2 Å². The summed E-state index contributed by atoms with van der Waals surface area (Å²) >= 11 is 1.56. The van der Waals surface area contributed by atoms with E-state index in [1.807, 2.05) is 6.92 Å². The molecule has 0 aliphatic heterocycles. The summed E-state index contributed by atoms with van der Waals surface area (Å²) in [5, 5.41) is 3.92. The maximum atomic E-state index is 11.8. The summed E-state index contributed by atoms with van der Waals surface area (Å²) in [5.74, 6) is -0.427. The minimum absolute atomic E-state index is 0.401. The number of aryl methyl sites for hydroxylation is 2. The second-order valence-corrected chi connectivity index (χ2v) is 5.50. The Hall–Kier alpha value is -2.08. The number of nitrogens with two attached hydrogens (primary N) is 1. The van der Waals surface area contributed by atoms with E-state index < -0.39 is 5.97 Å². The molecule has 0 amide bonds. The summed E-state index contributed by atoms with van der Waals surface area (Å²) in [6.45, 7) is 4.10. The van der Waals surface area contributed by atoms with Crippen molar-refractivity contribution >= 4 is 33.8 Å². The van der Waals surface area contributed by atoms with Gasteiger partial charge in [0.2, 0.25) is 0 Å². The summed E-state index contributed by atoms with van der Waals surface area (Å²) < 4.78 is 4.77. The molecule has 0 fully saturated rings. The summed E-state index contributed by atoms with van der Waals surface area (Å²) in [4.78, 5) is 17.4. The van der Waals surface area contributed by atoms with Crippen LogP contribution in [0.25, 0.3) is 0 Å². The number of anilines is 3. The van der Waals surface area contributed by atoms with Gasteiger partial charge in [-0.05, 0) is 31.5 Å². The van der Waals surface area contributed by atoms with Crippen molar-refractivity contribution in [3.63, 3.8) is 0 Å². The fourth-order valence-corrected chi connectivity index (χ4v) is 2.79. The van der Waals surface area contributed by atoms with Crippen molar-refractivity contribution in [3.8, 4) is 0 Å². The normalized spacial score (nSPS) is 10.3. The molecule has 0 bridgehead atoms. The Morgan fingerprint density at radius 3 is 2.85 bits per heavy atom. The van der Waals surface area contributed by atoms with E-state index in [0.717, 1.165) is 17.2 Å². The number of carbonyl (C=O) groups excluding carboxylic acids is 1. The lowest BCUT2D eigenvalue weighted by Gasteiger charge is -2.09. The van der Waals surface area contributed by atoms with Crippen LogP contribution in [-0.4, -0.2) is 18.1 Å². The number of aromatic nitrogens is 1. The number of thiazole rings is 1. The van der Waals surface area contributed by atoms with Gasteiger partial charge in [-0.1, -0.05) is 6.92 Å². The lowest BCUT2D eigenvalue weighted by Crippen LogP contribution is -2.06. The maximum absolute atomic E-state index is 11.8. The van der Waals surface area contributed by atoms with Crippen LogP contribution in [0.1, 0.15) is 27.9 Å². The van der Waals surface area contributed by atoms with E-state index in [1.54, 1.807) is 29.5 Å². The number of methoxy groups -OCH3 is 1. The van der Waals surface area contributed by atoms with Gasteiger partial charge in [0, 0.05) is 10.6 Å². The Labute approximate surface area is 121 Å². The van der Waals surface area contributed by atoms with Crippen LogP contribution in [-0.2, 0) is 11.2 Å². The Bertz CT molecular complexity index is 637. The smallest absolute Gasteiger partial charge is 0.340 e. The van der Waals surface area contributed by atoms with Gasteiger partial charge in [-0.3, -0.25) is 0 Å². The number of esters is 1. The van der Waals surface area contributed by atoms with Gasteiger partial charge in [-0.2, -0.15) is 0 Å². The fraction of sp³-hybridized carbons (Fsp3) is 0.286. The third-order valence-electron chi connectivity index (χ3n) is 2.92. The second-order valence-electron chi connectivity index (χ2n) is 4.30. The van der Waals surface area contributed by atoms with Crippen molar-refractivity contribution in [2.75, 3.05) is 18.2 Å². The number of benzene rings is 1. The third-order valence-corrected chi connectivity index (χ3v) is 3.85. The molecule has 106 valence electrons. The maximum Gasteiger partial charge on any atom is 0.340 e. The minimum atomic E-state index is -0.427. The number of nitrogens with zero attached hydrogens (tertiary/aromatic N) is 1. The van der Waals surface area contributed by atoms with Crippen molar-refractivity contribution in [2.24, 2.45) is 0 Å². The molecule has 5 nitrogen and oxygen atoms in total. The number of carbonyl (C=O) groups is 1. The number of rotatable bonds is 4. The van der Waals surface area contributed by atoms with Gasteiger partial charge in [-0.25, -0.2) is 9.78 Å². The first-order valence-electron chi connectivity index (χ1n) is 6.26. The monoisotopic (exact) mass is 291 g/mol. The first-order valence-corrected chi connectivity index (χ1v) is 7.08. The standard InChI is InChI=1S/C14H17N3O2S/c1-4-11-8(2)20-14(16-11)17-12-6-5-9(15)7-10(12)13(18)19-3/h5-7H,4,15H2,1-3H3,(H,16,17). The van der Waals surface area contributed by atoms with Gasteiger partial charge < -0.3 is 15.8 Å². The number of hydrogen-bond donors (Lipinski definition) is 2. The van der Waals surface area contributed by atoms with E-state index in [-0.39, 0.29) is 0 Å². The molecule has 1 aromatic heterocycles. The van der Waals surface area contributed by atoms with Crippen LogP contribution in [0.2, 0.25) is 0 Å². The highest BCUT2D eigenvalue weighted by atomic mass is 32.1. The molecular formula is C14H17N3O2S. The predicted octanol–water partition coefficient (Wildman–Crippen LogP) is 3.13. The van der Waals surface area contributed by atoms with E-state index in [1.165, 1.54) is 12.0 Å². The fourth-order valence-electron chi connectivity index (χ4n) is 1.87. The van der Waals surface area contributed by atoms with Gasteiger partial charge in [0.25, 0.3) is 0 Å². The molecule has 1 aromatic carbocycles. The van der Waals surface area contributed by atoms with Crippen molar-refractivity contribution < 1.29 is 9.53 Å². The highest BCUT2D eigenvalue weighted by molar-refractivity contribution is 7.15. The van der Waals surface area contributed by atoms with Crippen LogP contribution in [0.15, 0.2) is 18.2 Å². The highest BCUT2D eigenvalue weighted by Crippen LogP contribution is 2.28. The Kier molecular flexibility index (Phi) is 4.24. The van der Waals surface area contributed by atoms with Gasteiger partial charge >= 0.3 is 5.97 Å². The largest absolute Gasteiger partial charge is 0.465 e.